The maximum Gasteiger partial charge on any atom is 0.295 e. The van der Waals surface area contributed by atoms with Crippen molar-refractivity contribution in [2.45, 2.75) is 13.3 Å². The van der Waals surface area contributed by atoms with Crippen molar-refractivity contribution < 1.29 is 8.78 Å². The lowest BCUT2D eigenvalue weighted by Crippen LogP contribution is -1.85. The first-order chi connectivity index (χ1) is 6.59. The first-order valence-electron chi connectivity index (χ1n) is 3.88. The quantitative estimate of drug-likeness (QED) is 0.858. The summed E-state index contributed by atoms with van der Waals surface area (Å²) < 4.78 is 25.4. The van der Waals surface area contributed by atoms with Crippen LogP contribution >= 0.6 is 15.9 Å². The second-order valence-corrected chi connectivity index (χ2v) is 3.71. The molecule has 0 amide bonds. The highest BCUT2D eigenvalue weighted by Crippen LogP contribution is 2.24. The van der Waals surface area contributed by atoms with E-state index in [2.05, 4.69) is 30.9 Å². The number of aryl methyl sites for hydroxylation is 1. The van der Waals surface area contributed by atoms with Gasteiger partial charge in [-0.1, -0.05) is 0 Å². The van der Waals surface area contributed by atoms with Crippen molar-refractivity contribution in [1.29, 1.82) is 0 Å². The highest BCUT2D eigenvalue weighted by Gasteiger charge is 2.14. The van der Waals surface area contributed by atoms with E-state index in [1.807, 2.05) is 6.92 Å². The lowest BCUT2D eigenvalue weighted by atomic mass is 10.3. The number of imidazole rings is 1. The maximum atomic E-state index is 12.3. The van der Waals surface area contributed by atoms with Crippen molar-refractivity contribution in [1.82, 2.24) is 15.0 Å². The van der Waals surface area contributed by atoms with Crippen LogP contribution in [-0.2, 0) is 0 Å². The van der Waals surface area contributed by atoms with Gasteiger partial charge >= 0.3 is 0 Å². The van der Waals surface area contributed by atoms with Gasteiger partial charge in [0.25, 0.3) is 6.43 Å². The zero-order valence-corrected chi connectivity index (χ0v) is 8.77. The molecule has 74 valence electrons. The van der Waals surface area contributed by atoms with Crippen LogP contribution in [0.3, 0.4) is 0 Å². The average Bonchev–Trinajstić information content (AvgIpc) is 2.56. The number of fused-ring (bicyclic) bond motifs is 1. The van der Waals surface area contributed by atoms with Crippen LogP contribution in [0.25, 0.3) is 11.2 Å². The fraction of sp³-hybridized carbons (Fsp3) is 0.250. The molecule has 0 aliphatic carbocycles. The average molecular weight is 262 g/mol. The van der Waals surface area contributed by atoms with E-state index < -0.39 is 6.43 Å². The number of halogens is 3. The predicted molar refractivity (Wildman–Crippen MR) is 51.3 cm³/mol. The Morgan fingerprint density at radius 2 is 2.21 bits per heavy atom. The van der Waals surface area contributed by atoms with Crippen molar-refractivity contribution in [3.63, 3.8) is 0 Å². The third-order valence-corrected chi connectivity index (χ3v) is 2.74. The van der Waals surface area contributed by atoms with Crippen LogP contribution in [0.2, 0.25) is 0 Å². The lowest BCUT2D eigenvalue weighted by molar-refractivity contribution is 0.142. The van der Waals surface area contributed by atoms with Crippen molar-refractivity contribution >= 4 is 27.1 Å². The fourth-order valence-electron chi connectivity index (χ4n) is 1.17. The number of hydrogen-bond acceptors (Lipinski definition) is 2. The number of hydrogen-bond donors (Lipinski definition) is 1. The molecule has 0 radical (unpaired) electrons. The Labute approximate surface area is 86.7 Å². The van der Waals surface area contributed by atoms with Crippen LogP contribution < -0.4 is 0 Å². The largest absolute Gasteiger partial charge is 0.336 e. The van der Waals surface area contributed by atoms with E-state index in [-0.39, 0.29) is 5.82 Å². The van der Waals surface area contributed by atoms with Gasteiger partial charge in [0, 0.05) is 10.7 Å². The van der Waals surface area contributed by atoms with Gasteiger partial charge in [0.1, 0.15) is 0 Å². The summed E-state index contributed by atoms with van der Waals surface area (Å²) in [6.07, 6.45) is -1.05. The molecule has 3 nitrogen and oxygen atoms in total. The van der Waals surface area contributed by atoms with E-state index >= 15 is 0 Å². The normalized spacial score (nSPS) is 11.5. The SMILES string of the molecule is Cc1c(Br)cnc2nc(C(F)F)[nH]c12. The second-order valence-electron chi connectivity index (χ2n) is 2.85. The Bertz CT molecular complexity index is 481. The number of H-pyrrole nitrogens is 1. The van der Waals surface area contributed by atoms with Gasteiger partial charge in [0.2, 0.25) is 0 Å². The third kappa shape index (κ3) is 1.39. The Hall–Kier alpha value is -1.04. The molecule has 0 fully saturated rings. The predicted octanol–water partition coefficient (Wildman–Crippen LogP) is 2.97. The van der Waals surface area contributed by atoms with Crippen molar-refractivity contribution in [3.8, 4) is 0 Å². The summed E-state index contributed by atoms with van der Waals surface area (Å²) in [5, 5.41) is 0. The number of nitrogens with one attached hydrogen (secondary N) is 1. The summed E-state index contributed by atoms with van der Waals surface area (Å²) in [5.41, 5.74) is 1.70. The number of aromatic amines is 1. The van der Waals surface area contributed by atoms with E-state index in [9.17, 15) is 8.78 Å². The topological polar surface area (TPSA) is 41.6 Å². The molecule has 0 spiro atoms. The zero-order valence-electron chi connectivity index (χ0n) is 7.18. The Kier molecular flexibility index (Phi) is 2.22. The van der Waals surface area contributed by atoms with Gasteiger partial charge in [0.05, 0.1) is 5.52 Å². The molecule has 0 unspecified atom stereocenters. The van der Waals surface area contributed by atoms with Crippen molar-refractivity contribution in [2.75, 3.05) is 0 Å². The molecule has 2 heterocycles. The van der Waals surface area contributed by atoms with Crippen LogP contribution in [0, 0.1) is 6.92 Å². The highest BCUT2D eigenvalue weighted by molar-refractivity contribution is 9.10. The summed E-state index contributed by atoms with van der Waals surface area (Å²) >= 11 is 3.26. The van der Waals surface area contributed by atoms with Gasteiger partial charge in [0.15, 0.2) is 11.5 Å². The minimum absolute atomic E-state index is 0.320. The zero-order chi connectivity index (χ0) is 10.3. The van der Waals surface area contributed by atoms with E-state index in [0.29, 0.717) is 11.2 Å². The molecular weight excluding hydrogens is 256 g/mol. The molecule has 1 N–H and O–H groups in total. The van der Waals surface area contributed by atoms with E-state index in [0.717, 1.165) is 10.0 Å². The summed E-state index contributed by atoms with van der Waals surface area (Å²) in [5.74, 6) is -0.339. The van der Waals surface area contributed by atoms with E-state index in [1.54, 1.807) is 6.20 Å². The minimum atomic E-state index is -2.60. The molecule has 2 aromatic heterocycles. The monoisotopic (exact) mass is 261 g/mol. The van der Waals surface area contributed by atoms with E-state index in [1.165, 1.54) is 0 Å². The van der Waals surface area contributed by atoms with Gasteiger partial charge in [-0.05, 0) is 28.4 Å². The molecule has 0 aliphatic rings. The first kappa shape index (κ1) is 9.51. The molecule has 0 aromatic carbocycles. The Balaban J connectivity index is 2.71. The first-order valence-corrected chi connectivity index (χ1v) is 4.67. The molecule has 6 heteroatoms. The molecular formula is C8H6BrF2N3. The molecule has 0 aliphatic heterocycles. The molecule has 2 aromatic rings. The smallest absolute Gasteiger partial charge is 0.295 e. The molecule has 0 bridgehead atoms. The molecule has 2 rings (SSSR count). The van der Waals surface area contributed by atoms with Gasteiger partial charge < -0.3 is 4.98 Å². The van der Waals surface area contributed by atoms with Crippen molar-refractivity contribution in [3.05, 3.63) is 22.1 Å². The lowest BCUT2D eigenvalue weighted by Gasteiger charge is -1.96. The van der Waals surface area contributed by atoms with Crippen LogP contribution in [0.15, 0.2) is 10.7 Å². The van der Waals surface area contributed by atoms with Crippen LogP contribution in [-0.4, -0.2) is 15.0 Å². The fourth-order valence-corrected chi connectivity index (χ4v) is 1.47. The summed E-state index contributed by atoms with van der Waals surface area (Å²) in [6, 6.07) is 0. The van der Waals surface area contributed by atoms with Gasteiger partial charge in [-0.3, -0.25) is 0 Å². The third-order valence-electron chi connectivity index (χ3n) is 1.94. The summed E-state index contributed by atoms with van der Waals surface area (Å²) in [6.45, 7) is 1.81. The van der Waals surface area contributed by atoms with Gasteiger partial charge in [-0.25, -0.2) is 18.7 Å². The Morgan fingerprint density at radius 1 is 1.50 bits per heavy atom. The number of pyridine rings is 1. The minimum Gasteiger partial charge on any atom is -0.336 e. The molecule has 0 saturated carbocycles. The number of alkyl halides is 2. The van der Waals surface area contributed by atoms with E-state index in [4.69, 9.17) is 0 Å². The molecule has 0 saturated heterocycles. The molecule has 14 heavy (non-hydrogen) atoms. The van der Waals surface area contributed by atoms with Gasteiger partial charge in [-0.2, -0.15) is 0 Å². The number of aromatic nitrogens is 3. The summed E-state index contributed by atoms with van der Waals surface area (Å²) in [7, 11) is 0. The number of nitrogens with zero attached hydrogens (tertiary/aromatic N) is 2. The Morgan fingerprint density at radius 3 is 2.86 bits per heavy atom. The molecule has 0 atom stereocenters. The summed E-state index contributed by atoms with van der Waals surface area (Å²) in [4.78, 5) is 10.1. The van der Waals surface area contributed by atoms with Crippen LogP contribution in [0.1, 0.15) is 17.8 Å². The highest BCUT2D eigenvalue weighted by atomic mass is 79.9. The second kappa shape index (κ2) is 3.27. The maximum absolute atomic E-state index is 12.3. The van der Waals surface area contributed by atoms with Crippen LogP contribution in [0.5, 0.6) is 0 Å². The standard InChI is InChI=1S/C8H6BrF2N3/c1-3-4(9)2-12-7-5(3)13-8(14-7)6(10)11/h2,6H,1H3,(H,12,13,14). The number of rotatable bonds is 1. The van der Waals surface area contributed by atoms with Crippen molar-refractivity contribution in [2.24, 2.45) is 0 Å². The van der Waals surface area contributed by atoms with Crippen LogP contribution in [0.4, 0.5) is 8.78 Å². The van der Waals surface area contributed by atoms with Gasteiger partial charge in [-0.15, -0.1) is 0 Å².